The van der Waals surface area contributed by atoms with Crippen molar-refractivity contribution in [3.63, 3.8) is 0 Å². The minimum Gasteiger partial charge on any atom is -0.346 e. The lowest BCUT2D eigenvalue weighted by molar-refractivity contribution is 0.0948. The molecule has 0 aliphatic heterocycles. The van der Waals surface area contributed by atoms with Crippen molar-refractivity contribution < 1.29 is 4.79 Å². The molecule has 0 radical (unpaired) electrons. The summed E-state index contributed by atoms with van der Waals surface area (Å²) in [6, 6.07) is 7.25. The van der Waals surface area contributed by atoms with Crippen LogP contribution in [0.3, 0.4) is 0 Å². The van der Waals surface area contributed by atoms with Crippen molar-refractivity contribution in [2.45, 2.75) is 32.2 Å². The van der Waals surface area contributed by atoms with Crippen molar-refractivity contribution in [3.05, 3.63) is 63.3 Å². The van der Waals surface area contributed by atoms with Gasteiger partial charge >= 0.3 is 0 Å². The Kier molecular flexibility index (Phi) is 3.81. The molecule has 0 fully saturated rings. The van der Waals surface area contributed by atoms with Crippen LogP contribution in [0, 0.1) is 0 Å². The number of pyridine rings is 2. The monoisotopic (exact) mass is 283 g/mol. The second kappa shape index (κ2) is 5.91. The summed E-state index contributed by atoms with van der Waals surface area (Å²) in [5.74, 6) is -0.352. The van der Waals surface area contributed by atoms with E-state index in [-0.39, 0.29) is 17.0 Å². The molecule has 0 saturated carbocycles. The van der Waals surface area contributed by atoms with Gasteiger partial charge in [-0.2, -0.15) is 0 Å². The number of hydrogen-bond acceptors (Lipinski definition) is 3. The van der Waals surface area contributed by atoms with E-state index in [9.17, 15) is 9.59 Å². The SMILES string of the molecule is O=C(NCc1ccccn1)c1cc2c([nH]c1=O)CCCC2. The summed E-state index contributed by atoms with van der Waals surface area (Å²) in [7, 11) is 0. The number of aromatic nitrogens is 2. The number of aryl methyl sites for hydroxylation is 2. The molecule has 5 heteroatoms. The van der Waals surface area contributed by atoms with Gasteiger partial charge in [0.25, 0.3) is 11.5 Å². The Morgan fingerprint density at radius 2 is 2.14 bits per heavy atom. The molecule has 0 spiro atoms. The maximum absolute atomic E-state index is 12.2. The molecule has 2 N–H and O–H groups in total. The molecule has 1 aliphatic rings. The quantitative estimate of drug-likeness (QED) is 0.898. The average Bonchev–Trinajstić information content (AvgIpc) is 2.53. The van der Waals surface area contributed by atoms with Crippen molar-refractivity contribution in [1.29, 1.82) is 0 Å². The Hall–Kier alpha value is -2.43. The number of amides is 1. The number of nitrogens with zero attached hydrogens (tertiary/aromatic N) is 1. The molecule has 0 unspecified atom stereocenters. The molecule has 5 nitrogen and oxygen atoms in total. The number of hydrogen-bond donors (Lipinski definition) is 2. The van der Waals surface area contributed by atoms with Crippen LogP contribution in [-0.4, -0.2) is 15.9 Å². The third-order valence-electron chi connectivity index (χ3n) is 3.74. The van der Waals surface area contributed by atoms with Crippen LogP contribution in [0.4, 0.5) is 0 Å². The third-order valence-corrected chi connectivity index (χ3v) is 3.74. The van der Waals surface area contributed by atoms with Gasteiger partial charge in [0.05, 0.1) is 12.2 Å². The summed E-state index contributed by atoms with van der Waals surface area (Å²) < 4.78 is 0. The number of rotatable bonds is 3. The fraction of sp³-hybridized carbons (Fsp3) is 0.312. The number of fused-ring (bicyclic) bond motifs is 1. The van der Waals surface area contributed by atoms with Crippen LogP contribution in [0.1, 0.15) is 40.2 Å². The highest BCUT2D eigenvalue weighted by Gasteiger charge is 2.16. The zero-order chi connectivity index (χ0) is 14.7. The second-order valence-electron chi connectivity index (χ2n) is 5.23. The van der Waals surface area contributed by atoms with Gasteiger partial charge in [-0.25, -0.2) is 0 Å². The number of carbonyl (C=O) groups is 1. The van der Waals surface area contributed by atoms with Gasteiger partial charge in [-0.3, -0.25) is 14.6 Å². The molecule has 2 aromatic heterocycles. The maximum atomic E-state index is 12.2. The second-order valence-corrected chi connectivity index (χ2v) is 5.23. The molecule has 0 aromatic carbocycles. The van der Waals surface area contributed by atoms with Crippen molar-refractivity contribution in [2.24, 2.45) is 0 Å². The largest absolute Gasteiger partial charge is 0.346 e. The lowest BCUT2D eigenvalue weighted by atomic mass is 9.95. The van der Waals surface area contributed by atoms with Gasteiger partial charge in [0.2, 0.25) is 0 Å². The van der Waals surface area contributed by atoms with Crippen LogP contribution in [0.5, 0.6) is 0 Å². The summed E-state index contributed by atoms with van der Waals surface area (Å²) in [5.41, 5.74) is 2.71. The Balaban J connectivity index is 1.77. The summed E-state index contributed by atoms with van der Waals surface area (Å²) in [4.78, 5) is 31.2. The Morgan fingerprint density at radius 1 is 1.29 bits per heavy atom. The number of H-pyrrole nitrogens is 1. The normalized spacial score (nSPS) is 13.5. The molecule has 3 rings (SSSR count). The number of carbonyl (C=O) groups excluding carboxylic acids is 1. The van der Waals surface area contributed by atoms with Crippen LogP contribution in [0.2, 0.25) is 0 Å². The zero-order valence-corrected chi connectivity index (χ0v) is 11.7. The summed E-state index contributed by atoms with van der Waals surface area (Å²) in [6.07, 6.45) is 5.68. The summed E-state index contributed by atoms with van der Waals surface area (Å²) in [6.45, 7) is 0.316. The number of aromatic amines is 1. The third kappa shape index (κ3) is 3.02. The smallest absolute Gasteiger partial charge is 0.261 e. The van der Waals surface area contributed by atoms with Crippen LogP contribution in [0.15, 0.2) is 35.3 Å². The van der Waals surface area contributed by atoms with E-state index in [1.165, 1.54) is 0 Å². The van der Waals surface area contributed by atoms with Crippen LogP contribution >= 0.6 is 0 Å². The molecule has 0 atom stereocenters. The molecule has 2 heterocycles. The minimum absolute atomic E-state index is 0.187. The molecule has 108 valence electrons. The summed E-state index contributed by atoms with van der Waals surface area (Å²) >= 11 is 0. The number of nitrogens with one attached hydrogen (secondary N) is 2. The van der Waals surface area contributed by atoms with Crippen molar-refractivity contribution in [2.75, 3.05) is 0 Å². The van der Waals surface area contributed by atoms with E-state index < -0.39 is 0 Å². The zero-order valence-electron chi connectivity index (χ0n) is 11.7. The Morgan fingerprint density at radius 3 is 2.95 bits per heavy atom. The van der Waals surface area contributed by atoms with Gasteiger partial charge in [0.15, 0.2) is 0 Å². The standard InChI is InChI=1S/C16H17N3O2/c20-15(18-10-12-6-3-4-8-17-12)13-9-11-5-1-2-7-14(11)19-16(13)21/h3-4,6,8-9H,1-2,5,7,10H2,(H,18,20)(H,19,21). The Labute approximate surface area is 122 Å². The first-order valence-electron chi connectivity index (χ1n) is 7.17. The van der Waals surface area contributed by atoms with Gasteiger partial charge in [0, 0.05) is 11.9 Å². The van der Waals surface area contributed by atoms with Gasteiger partial charge in [-0.1, -0.05) is 6.07 Å². The first-order valence-corrected chi connectivity index (χ1v) is 7.17. The molecule has 0 saturated heterocycles. The lowest BCUT2D eigenvalue weighted by Crippen LogP contribution is -2.31. The van der Waals surface area contributed by atoms with E-state index in [2.05, 4.69) is 15.3 Å². The van der Waals surface area contributed by atoms with Crippen LogP contribution in [0.25, 0.3) is 0 Å². The maximum Gasteiger partial charge on any atom is 0.261 e. The molecule has 0 bridgehead atoms. The fourth-order valence-corrected chi connectivity index (χ4v) is 2.61. The van der Waals surface area contributed by atoms with E-state index in [1.54, 1.807) is 12.3 Å². The van der Waals surface area contributed by atoms with Crippen molar-refractivity contribution >= 4 is 5.91 Å². The van der Waals surface area contributed by atoms with Crippen molar-refractivity contribution in [1.82, 2.24) is 15.3 Å². The van der Waals surface area contributed by atoms with Gasteiger partial charge < -0.3 is 10.3 Å². The lowest BCUT2D eigenvalue weighted by Gasteiger charge is -2.15. The predicted octanol–water partition coefficient (Wildman–Crippen LogP) is 1.58. The van der Waals surface area contributed by atoms with E-state index in [0.717, 1.165) is 42.6 Å². The minimum atomic E-state index is -0.352. The van der Waals surface area contributed by atoms with E-state index >= 15 is 0 Å². The van der Waals surface area contributed by atoms with Crippen LogP contribution < -0.4 is 10.9 Å². The molecular formula is C16H17N3O2. The van der Waals surface area contributed by atoms with Crippen LogP contribution in [-0.2, 0) is 19.4 Å². The molecule has 1 amide bonds. The average molecular weight is 283 g/mol. The summed E-state index contributed by atoms with van der Waals surface area (Å²) in [5, 5.41) is 2.74. The topological polar surface area (TPSA) is 74.8 Å². The molecule has 21 heavy (non-hydrogen) atoms. The van der Waals surface area contributed by atoms with Gasteiger partial charge in [-0.15, -0.1) is 0 Å². The highest BCUT2D eigenvalue weighted by Crippen LogP contribution is 2.18. The highest BCUT2D eigenvalue weighted by molar-refractivity contribution is 5.93. The fourth-order valence-electron chi connectivity index (χ4n) is 2.61. The van der Waals surface area contributed by atoms with Crippen molar-refractivity contribution in [3.8, 4) is 0 Å². The van der Waals surface area contributed by atoms with E-state index in [4.69, 9.17) is 0 Å². The predicted molar refractivity (Wildman–Crippen MR) is 79.1 cm³/mol. The Bertz CT molecular complexity index is 707. The highest BCUT2D eigenvalue weighted by atomic mass is 16.2. The first kappa shape index (κ1) is 13.5. The van der Waals surface area contributed by atoms with Gasteiger partial charge in [0.1, 0.15) is 5.56 Å². The van der Waals surface area contributed by atoms with Gasteiger partial charge in [-0.05, 0) is 49.4 Å². The van der Waals surface area contributed by atoms with E-state index in [0.29, 0.717) is 6.54 Å². The van der Waals surface area contributed by atoms with E-state index in [1.807, 2.05) is 18.2 Å². The molecule has 2 aromatic rings. The first-order chi connectivity index (χ1) is 10.2. The molecular weight excluding hydrogens is 266 g/mol. The molecule has 1 aliphatic carbocycles.